The van der Waals surface area contributed by atoms with Gasteiger partial charge in [0.05, 0.1) is 24.6 Å². The number of rotatable bonds is 6. The van der Waals surface area contributed by atoms with Crippen molar-refractivity contribution < 1.29 is 23.9 Å². The van der Waals surface area contributed by atoms with Crippen LogP contribution in [0.1, 0.15) is 16.8 Å². The monoisotopic (exact) mass is 506 g/mol. The molecule has 0 spiro atoms. The molecule has 7 nitrogen and oxygen atoms in total. The van der Waals surface area contributed by atoms with E-state index < -0.39 is 0 Å². The first kappa shape index (κ1) is 22.8. The number of methoxy groups -OCH3 is 1. The Morgan fingerprint density at radius 3 is 2.03 bits per heavy atom. The molecule has 1 heterocycles. The van der Waals surface area contributed by atoms with Crippen molar-refractivity contribution in [2.24, 2.45) is 35.5 Å². The van der Waals surface area contributed by atoms with Gasteiger partial charge in [-0.05, 0) is 90.8 Å². The van der Waals surface area contributed by atoms with E-state index in [9.17, 15) is 14.4 Å². The first-order valence-corrected chi connectivity index (χ1v) is 12.9. The summed E-state index contributed by atoms with van der Waals surface area (Å²) >= 11 is 0. The fraction of sp³-hybridized carbons (Fsp3) is 0.258. The number of para-hydroxylation sites is 2. The maximum absolute atomic E-state index is 13.3. The standard InChI is InChI=1S/C31H26N2O5/c1-37-25-4-2-3-5-26(25)38-20-12-8-18(9-13-20)32-29(34)17-6-10-19(11-7-17)33-30(35)27-21-14-15-22(24-16-23(21)24)28(27)31(33)36/h2-15,21-24,27-28H,16H2,1H3,(H,32,34)/t21-,22-,23-,24+,27+,28+/m1/s1. The van der Waals surface area contributed by atoms with Gasteiger partial charge in [-0.3, -0.25) is 19.3 Å². The molecule has 190 valence electrons. The number of carbonyl (C=O) groups excluding carboxylic acids is 3. The molecule has 38 heavy (non-hydrogen) atoms. The van der Waals surface area contributed by atoms with E-state index in [1.165, 1.54) is 4.90 Å². The summed E-state index contributed by atoms with van der Waals surface area (Å²) in [7, 11) is 1.59. The van der Waals surface area contributed by atoms with Crippen molar-refractivity contribution in [2.45, 2.75) is 6.42 Å². The Bertz CT molecular complexity index is 1440. The molecule has 0 unspecified atom stereocenters. The third-order valence-corrected chi connectivity index (χ3v) is 8.46. The second-order valence-corrected chi connectivity index (χ2v) is 10.4. The first-order chi connectivity index (χ1) is 18.5. The number of benzene rings is 3. The molecule has 1 N–H and O–H groups in total. The van der Waals surface area contributed by atoms with E-state index in [4.69, 9.17) is 9.47 Å². The van der Waals surface area contributed by atoms with Crippen LogP contribution in [0.25, 0.3) is 0 Å². The number of ether oxygens (including phenoxy) is 2. The molecule has 0 radical (unpaired) electrons. The van der Waals surface area contributed by atoms with Gasteiger partial charge in [0.25, 0.3) is 5.91 Å². The predicted octanol–water partition coefficient (Wildman–Crippen LogP) is 5.30. The van der Waals surface area contributed by atoms with Gasteiger partial charge in [-0.2, -0.15) is 0 Å². The van der Waals surface area contributed by atoms with Crippen LogP contribution in [0.4, 0.5) is 11.4 Å². The summed E-state index contributed by atoms with van der Waals surface area (Å²) in [6, 6.07) is 21.1. The number of amides is 3. The number of hydrogen-bond acceptors (Lipinski definition) is 5. The van der Waals surface area contributed by atoms with E-state index >= 15 is 0 Å². The zero-order valence-electron chi connectivity index (χ0n) is 20.7. The Labute approximate surface area is 220 Å². The van der Waals surface area contributed by atoms with Crippen LogP contribution in [-0.4, -0.2) is 24.8 Å². The summed E-state index contributed by atoms with van der Waals surface area (Å²) in [5.74, 6) is 2.39. The van der Waals surface area contributed by atoms with Crippen molar-refractivity contribution in [3.63, 3.8) is 0 Å². The number of nitrogens with one attached hydrogen (secondary N) is 1. The maximum Gasteiger partial charge on any atom is 0.255 e. The van der Waals surface area contributed by atoms with Gasteiger partial charge in [-0.15, -0.1) is 0 Å². The molecule has 5 aliphatic rings. The molecule has 3 aromatic rings. The lowest BCUT2D eigenvalue weighted by atomic mass is 9.63. The summed E-state index contributed by atoms with van der Waals surface area (Å²) < 4.78 is 11.2. The molecule has 3 amide bonds. The van der Waals surface area contributed by atoms with Crippen LogP contribution in [0.15, 0.2) is 84.9 Å². The fourth-order valence-corrected chi connectivity index (χ4v) is 6.61. The topological polar surface area (TPSA) is 84.9 Å². The van der Waals surface area contributed by atoms with E-state index in [2.05, 4.69) is 17.5 Å². The van der Waals surface area contributed by atoms with Gasteiger partial charge in [-0.1, -0.05) is 24.3 Å². The summed E-state index contributed by atoms with van der Waals surface area (Å²) in [5.41, 5.74) is 1.57. The van der Waals surface area contributed by atoms with E-state index in [0.717, 1.165) is 6.42 Å². The largest absolute Gasteiger partial charge is 0.493 e. The number of carbonyl (C=O) groups is 3. The van der Waals surface area contributed by atoms with Crippen LogP contribution in [0.3, 0.4) is 0 Å². The van der Waals surface area contributed by atoms with Crippen LogP contribution >= 0.6 is 0 Å². The van der Waals surface area contributed by atoms with Crippen molar-refractivity contribution in [3.05, 3.63) is 90.5 Å². The van der Waals surface area contributed by atoms with E-state index in [0.29, 0.717) is 46.0 Å². The highest BCUT2D eigenvalue weighted by molar-refractivity contribution is 6.22. The summed E-state index contributed by atoms with van der Waals surface area (Å²) in [6.45, 7) is 0. The molecular formula is C31H26N2O5. The highest BCUT2D eigenvalue weighted by atomic mass is 16.5. The zero-order chi connectivity index (χ0) is 26.0. The SMILES string of the molecule is COc1ccccc1Oc1ccc(NC(=O)c2ccc(N3C(=O)[C@H]4[C@@H]5C=C[C@H]([C@@H]6C[C@H]56)[C@@H]4C3=O)cc2)cc1. The van der Waals surface area contributed by atoms with Gasteiger partial charge >= 0.3 is 0 Å². The molecule has 6 atom stereocenters. The molecule has 1 aliphatic heterocycles. The Kier molecular flexibility index (Phi) is 5.15. The van der Waals surface area contributed by atoms with Crippen LogP contribution in [0.5, 0.6) is 17.2 Å². The molecule has 8 rings (SSSR count). The molecule has 4 aliphatic carbocycles. The number of nitrogens with zero attached hydrogens (tertiary/aromatic N) is 1. The zero-order valence-corrected chi connectivity index (χ0v) is 20.7. The van der Waals surface area contributed by atoms with Gasteiger partial charge in [-0.25, -0.2) is 0 Å². The lowest BCUT2D eigenvalue weighted by molar-refractivity contribution is -0.124. The lowest BCUT2D eigenvalue weighted by Gasteiger charge is -2.37. The highest BCUT2D eigenvalue weighted by Gasteiger charge is 2.67. The molecule has 0 aromatic heterocycles. The normalized spacial score (nSPS) is 28.1. The average molecular weight is 507 g/mol. The average Bonchev–Trinajstić information content (AvgIpc) is 3.73. The van der Waals surface area contributed by atoms with E-state index in [1.807, 2.05) is 24.3 Å². The molecule has 2 bridgehead atoms. The molecule has 1 saturated heterocycles. The minimum atomic E-state index is -0.287. The number of anilines is 2. The third-order valence-electron chi connectivity index (χ3n) is 8.46. The van der Waals surface area contributed by atoms with Gasteiger partial charge in [0.2, 0.25) is 11.8 Å². The Morgan fingerprint density at radius 1 is 0.816 bits per heavy atom. The predicted molar refractivity (Wildman–Crippen MR) is 141 cm³/mol. The van der Waals surface area contributed by atoms with Gasteiger partial charge in [0.1, 0.15) is 5.75 Å². The molecule has 3 fully saturated rings. The van der Waals surface area contributed by atoms with E-state index in [-0.39, 0.29) is 41.4 Å². The van der Waals surface area contributed by atoms with Crippen LogP contribution in [-0.2, 0) is 9.59 Å². The summed E-state index contributed by atoms with van der Waals surface area (Å²) in [6.07, 6.45) is 5.47. The maximum atomic E-state index is 13.3. The second kappa shape index (κ2) is 8.58. The van der Waals surface area contributed by atoms with Crippen molar-refractivity contribution in [1.82, 2.24) is 0 Å². The number of allylic oxidation sites excluding steroid dienone is 2. The number of imide groups is 1. The van der Waals surface area contributed by atoms with E-state index in [1.54, 1.807) is 55.6 Å². The molecule has 7 heteroatoms. The van der Waals surface area contributed by atoms with Gasteiger partial charge in [0, 0.05) is 11.3 Å². The van der Waals surface area contributed by atoms with Crippen LogP contribution < -0.4 is 19.7 Å². The lowest BCUT2D eigenvalue weighted by Crippen LogP contribution is -2.40. The molecular weight excluding hydrogens is 480 g/mol. The Balaban J connectivity index is 1.02. The van der Waals surface area contributed by atoms with Crippen LogP contribution in [0, 0.1) is 35.5 Å². The minimum absolute atomic E-state index is 0.0997. The van der Waals surface area contributed by atoms with Crippen molar-refractivity contribution >= 4 is 29.1 Å². The number of hydrogen-bond donors (Lipinski definition) is 1. The van der Waals surface area contributed by atoms with Gasteiger partial charge in [0.15, 0.2) is 11.5 Å². The van der Waals surface area contributed by atoms with Gasteiger partial charge < -0.3 is 14.8 Å². The summed E-state index contributed by atoms with van der Waals surface area (Å²) in [5, 5.41) is 2.87. The van der Waals surface area contributed by atoms with Crippen molar-refractivity contribution in [1.29, 1.82) is 0 Å². The van der Waals surface area contributed by atoms with Crippen LogP contribution in [0.2, 0.25) is 0 Å². The third kappa shape index (κ3) is 3.53. The van der Waals surface area contributed by atoms with Crippen molar-refractivity contribution in [3.8, 4) is 17.2 Å². The smallest absolute Gasteiger partial charge is 0.255 e. The minimum Gasteiger partial charge on any atom is -0.493 e. The highest BCUT2D eigenvalue weighted by Crippen LogP contribution is 2.65. The fourth-order valence-electron chi connectivity index (χ4n) is 6.61. The molecule has 3 aromatic carbocycles. The molecule has 2 saturated carbocycles. The second-order valence-electron chi connectivity index (χ2n) is 10.4. The summed E-state index contributed by atoms with van der Waals surface area (Å²) in [4.78, 5) is 40.8. The quantitative estimate of drug-likeness (QED) is 0.362. The Morgan fingerprint density at radius 2 is 1.42 bits per heavy atom. The van der Waals surface area contributed by atoms with Crippen molar-refractivity contribution in [2.75, 3.05) is 17.3 Å². The first-order valence-electron chi connectivity index (χ1n) is 12.9. The Hall–Kier alpha value is -4.39.